The van der Waals surface area contributed by atoms with Crippen LogP contribution in [0.4, 0.5) is 29.3 Å². The number of alkyl halides is 4. The van der Waals surface area contributed by atoms with E-state index < -0.39 is 18.5 Å². The topological polar surface area (TPSA) is 80.5 Å². The molecule has 1 aliphatic carbocycles. The Morgan fingerprint density at radius 2 is 1.91 bits per heavy atom. The number of ether oxygens (including phenoxy) is 1. The van der Waals surface area contributed by atoms with Crippen molar-refractivity contribution in [2.24, 2.45) is 11.8 Å². The van der Waals surface area contributed by atoms with E-state index in [0.717, 1.165) is 54.1 Å². The Hall–Kier alpha value is -3.18. The molecule has 0 spiro atoms. The Morgan fingerprint density at radius 1 is 1.15 bits per heavy atom. The normalized spacial score (nSPS) is 22.7. The van der Waals surface area contributed by atoms with Gasteiger partial charge in [-0.15, -0.1) is 5.10 Å². The number of nitrogens with one attached hydrogen (secondary N) is 1. The zero-order valence-corrected chi connectivity index (χ0v) is 17.9. The van der Waals surface area contributed by atoms with Crippen LogP contribution in [0.25, 0.3) is 5.65 Å². The highest BCUT2D eigenvalue weighted by atomic mass is 19.4. The molecule has 12 heteroatoms. The summed E-state index contributed by atoms with van der Waals surface area (Å²) in [7, 11) is 0. The molecule has 4 heterocycles. The smallest absolute Gasteiger partial charge is 0.433 e. The van der Waals surface area contributed by atoms with Crippen LogP contribution in [0.1, 0.15) is 24.2 Å². The number of fused-ring (bicyclic) bond motifs is 3. The van der Waals surface area contributed by atoms with Gasteiger partial charge < -0.3 is 15.0 Å². The summed E-state index contributed by atoms with van der Waals surface area (Å²) < 4.78 is 59.1. The molecule has 2 aliphatic rings. The summed E-state index contributed by atoms with van der Waals surface area (Å²) in [4.78, 5) is 15.0. The summed E-state index contributed by atoms with van der Waals surface area (Å²) >= 11 is 0. The van der Waals surface area contributed by atoms with E-state index >= 15 is 0 Å². The molecule has 1 saturated carbocycles. The molecule has 1 saturated heterocycles. The first-order valence-electron chi connectivity index (χ1n) is 10.8. The van der Waals surface area contributed by atoms with Crippen LogP contribution in [0.3, 0.4) is 0 Å². The van der Waals surface area contributed by atoms with E-state index in [9.17, 15) is 17.6 Å². The van der Waals surface area contributed by atoms with Crippen molar-refractivity contribution >= 4 is 17.4 Å². The Labute approximate surface area is 187 Å². The van der Waals surface area contributed by atoms with Crippen LogP contribution >= 0.6 is 0 Å². The second-order valence-electron chi connectivity index (χ2n) is 8.48. The molecule has 0 radical (unpaired) electrons. The van der Waals surface area contributed by atoms with Gasteiger partial charge in [0, 0.05) is 30.9 Å². The summed E-state index contributed by atoms with van der Waals surface area (Å²) in [5.41, 5.74) is -0.169. The van der Waals surface area contributed by atoms with E-state index in [1.54, 1.807) is 6.33 Å². The number of hydrogen-bond acceptors (Lipinski definition) is 7. The molecule has 3 aromatic rings. The van der Waals surface area contributed by atoms with Gasteiger partial charge in [-0.2, -0.15) is 18.2 Å². The number of halogens is 4. The molecule has 0 amide bonds. The number of rotatable bonds is 6. The summed E-state index contributed by atoms with van der Waals surface area (Å²) in [6, 6.07) is 4.00. The number of anilines is 2. The number of aromatic nitrogens is 5. The third-order valence-electron chi connectivity index (χ3n) is 6.32. The minimum Gasteiger partial charge on any atom is -0.487 e. The van der Waals surface area contributed by atoms with Crippen molar-refractivity contribution in [3.05, 3.63) is 35.9 Å². The first-order valence-corrected chi connectivity index (χ1v) is 10.8. The van der Waals surface area contributed by atoms with Crippen molar-refractivity contribution in [3.63, 3.8) is 0 Å². The molecule has 0 unspecified atom stereocenters. The lowest BCUT2D eigenvalue weighted by molar-refractivity contribution is -0.142. The zero-order chi connectivity index (χ0) is 23.2. The van der Waals surface area contributed by atoms with Crippen LogP contribution < -0.4 is 15.0 Å². The Morgan fingerprint density at radius 3 is 2.58 bits per heavy atom. The van der Waals surface area contributed by atoms with E-state index in [1.165, 1.54) is 0 Å². The molecule has 3 atom stereocenters. The van der Waals surface area contributed by atoms with Crippen molar-refractivity contribution in [1.29, 1.82) is 0 Å². The number of piperidine rings is 1. The lowest BCUT2D eigenvalue weighted by atomic mass is 9.92. The minimum atomic E-state index is -4.62. The van der Waals surface area contributed by atoms with Crippen LogP contribution in [0, 0.1) is 18.8 Å². The summed E-state index contributed by atoms with van der Waals surface area (Å²) in [5, 5.41) is 7.37. The maximum Gasteiger partial charge on any atom is 0.433 e. The number of pyridine rings is 1. The first-order chi connectivity index (χ1) is 15.8. The highest BCUT2D eigenvalue weighted by molar-refractivity contribution is 5.57. The van der Waals surface area contributed by atoms with Gasteiger partial charge in [-0.05, 0) is 43.7 Å². The molecular formula is C21H23F4N7O. The van der Waals surface area contributed by atoms with Gasteiger partial charge in [-0.3, -0.25) is 0 Å². The van der Waals surface area contributed by atoms with Crippen LogP contribution in [-0.2, 0) is 6.18 Å². The lowest BCUT2D eigenvalue weighted by Gasteiger charge is -2.38. The molecule has 5 rings (SSSR count). The SMILES string of the molecule is Cc1cc(N2C[C@H]3CC[C@@H](C2)[C@@H]3Nc2nc3c(OCCF)ccc(C(F)(F)F)n3n2)ncn1. The molecule has 2 bridgehead atoms. The largest absolute Gasteiger partial charge is 0.487 e. The average molecular weight is 465 g/mol. The van der Waals surface area contributed by atoms with E-state index in [4.69, 9.17) is 4.74 Å². The van der Waals surface area contributed by atoms with Crippen LogP contribution in [0.5, 0.6) is 5.75 Å². The third kappa shape index (κ3) is 4.13. The minimum absolute atomic E-state index is 0.0335. The summed E-state index contributed by atoms with van der Waals surface area (Å²) in [6.45, 7) is 2.43. The predicted octanol–water partition coefficient (Wildman–Crippen LogP) is 3.52. The number of hydrogen-bond donors (Lipinski definition) is 1. The van der Waals surface area contributed by atoms with E-state index in [1.807, 2.05) is 13.0 Å². The highest BCUT2D eigenvalue weighted by Gasteiger charge is 2.43. The monoisotopic (exact) mass is 465 g/mol. The molecule has 3 aromatic heterocycles. The number of nitrogens with zero attached hydrogens (tertiary/aromatic N) is 6. The fourth-order valence-corrected chi connectivity index (χ4v) is 4.88. The van der Waals surface area contributed by atoms with Gasteiger partial charge >= 0.3 is 6.18 Å². The summed E-state index contributed by atoms with van der Waals surface area (Å²) in [5.74, 6) is 1.58. The maximum atomic E-state index is 13.5. The van der Waals surface area contributed by atoms with Crippen molar-refractivity contribution < 1.29 is 22.3 Å². The molecule has 8 nitrogen and oxygen atoms in total. The van der Waals surface area contributed by atoms with E-state index in [-0.39, 0.29) is 41.8 Å². The van der Waals surface area contributed by atoms with Gasteiger partial charge in [-0.25, -0.2) is 18.9 Å². The molecule has 1 aliphatic heterocycles. The van der Waals surface area contributed by atoms with Crippen LogP contribution in [0.15, 0.2) is 24.5 Å². The molecular weight excluding hydrogens is 442 g/mol. The average Bonchev–Trinajstić information content (AvgIpc) is 3.28. The van der Waals surface area contributed by atoms with E-state index in [2.05, 4.69) is 30.3 Å². The maximum absolute atomic E-state index is 13.5. The Kier molecular flexibility index (Phi) is 5.45. The zero-order valence-electron chi connectivity index (χ0n) is 17.9. The third-order valence-corrected chi connectivity index (χ3v) is 6.32. The van der Waals surface area contributed by atoms with Gasteiger partial charge in [0.2, 0.25) is 5.95 Å². The fraction of sp³-hybridized carbons (Fsp3) is 0.524. The second-order valence-corrected chi connectivity index (χ2v) is 8.48. The van der Waals surface area contributed by atoms with Crippen molar-refractivity contribution in [2.75, 3.05) is 36.6 Å². The lowest BCUT2D eigenvalue weighted by Crippen LogP contribution is -2.48. The molecule has 2 fully saturated rings. The quantitative estimate of drug-likeness (QED) is 0.558. The summed E-state index contributed by atoms with van der Waals surface area (Å²) in [6.07, 6.45) is -1.08. The second kappa shape index (κ2) is 8.31. The number of aryl methyl sites for hydroxylation is 1. The first kappa shape index (κ1) is 21.7. The van der Waals surface area contributed by atoms with Crippen molar-refractivity contribution in [1.82, 2.24) is 24.6 Å². The van der Waals surface area contributed by atoms with E-state index in [0.29, 0.717) is 0 Å². The van der Waals surface area contributed by atoms with Gasteiger partial charge in [0.1, 0.15) is 31.1 Å². The van der Waals surface area contributed by atoms with Gasteiger partial charge in [0.15, 0.2) is 11.4 Å². The van der Waals surface area contributed by atoms with Crippen LogP contribution in [-0.4, -0.2) is 57.0 Å². The predicted molar refractivity (Wildman–Crippen MR) is 112 cm³/mol. The van der Waals surface area contributed by atoms with Gasteiger partial charge in [0.05, 0.1) is 0 Å². The fourth-order valence-electron chi connectivity index (χ4n) is 4.88. The highest BCUT2D eigenvalue weighted by Crippen LogP contribution is 2.40. The van der Waals surface area contributed by atoms with Gasteiger partial charge in [0.25, 0.3) is 0 Å². The van der Waals surface area contributed by atoms with Crippen LogP contribution in [0.2, 0.25) is 0 Å². The molecule has 1 N–H and O–H groups in total. The molecule has 176 valence electrons. The Balaban J connectivity index is 1.40. The Bertz CT molecular complexity index is 1140. The standard InChI is InChI=1S/C21H23F4N7O/c1-12-8-17(27-11-26-12)31-9-13-2-3-14(10-31)18(13)28-20-29-19-15(33-7-6-22)4-5-16(21(23,24)25)32(19)30-20/h4-5,8,11,13-14,18H,2-3,6-7,9-10H2,1H3,(H,28,30)/t13-,14+,18-. The van der Waals surface area contributed by atoms with Crippen molar-refractivity contribution in [2.45, 2.75) is 32.0 Å². The van der Waals surface area contributed by atoms with Gasteiger partial charge in [-0.1, -0.05) is 0 Å². The molecule has 33 heavy (non-hydrogen) atoms. The van der Waals surface area contributed by atoms with Crippen molar-refractivity contribution in [3.8, 4) is 5.75 Å². The molecule has 0 aromatic carbocycles.